The normalized spacial score (nSPS) is 24.0. The molecule has 0 saturated carbocycles. The van der Waals surface area contributed by atoms with E-state index in [2.05, 4.69) is 0 Å². The number of likely N-dealkylation sites (N-methyl/N-ethyl adjacent to an activating group) is 1. The van der Waals surface area contributed by atoms with Gasteiger partial charge in [-0.1, -0.05) is 41.9 Å². The summed E-state index contributed by atoms with van der Waals surface area (Å²) < 4.78 is 11.8. The predicted octanol–water partition coefficient (Wildman–Crippen LogP) is 4.22. The number of hydrogen-bond donors (Lipinski definition) is 3. The summed E-state index contributed by atoms with van der Waals surface area (Å²) in [5, 5.41) is 33.2. The molecular weight excluding hydrogens is 556 g/mol. The van der Waals surface area contributed by atoms with Crippen LogP contribution in [0.3, 0.4) is 0 Å². The summed E-state index contributed by atoms with van der Waals surface area (Å²) in [5.41, 5.74) is 3.95. The summed E-state index contributed by atoms with van der Waals surface area (Å²) in [6.07, 6.45) is -3.11. The predicted molar refractivity (Wildman–Crippen MR) is 162 cm³/mol. The molecular formula is C33H39ClN2O6. The Labute approximate surface area is 252 Å². The number of likely N-dealkylation sites (tertiary alicyclic amines) is 1. The van der Waals surface area contributed by atoms with Crippen LogP contribution < -0.4 is 9.64 Å². The van der Waals surface area contributed by atoms with Gasteiger partial charge >= 0.3 is 0 Å². The van der Waals surface area contributed by atoms with Crippen LogP contribution in [0.4, 0.5) is 5.69 Å². The Morgan fingerprint density at radius 2 is 1.74 bits per heavy atom. The average Bonchev–Trinajstić information content (AvgIpc) is 3.55. The first-order valence-electron chi connectivity index (χ1n) is 14.6. The number of hydrogen-bond acceptors (Lipinski definition) is 7. The van der Waals surface area contributed by atoms with Crippen molar-refractivity contribution in [3.63, 3.8) is 0 Å². The molecule has 8 nitrogen and oxygen atoms in total. The van der Waals surface area contributed by atoms with Crippen LogP contribution in [0.1, 0.15) is 52.9 Å². The number of nitrogens with zero attached hydrogens (tertiary/aromatic N) is 2. The highest BCUT2D eigenvalue weighted by atomic mass is 35.5. The highest BCUT2D eigenvalue weighted by molar-refractivity contribution is 6.31. The highest BCUT2D eigenvalue weighted by Crippen LogP contribution is 2.35. The van der Waals surface area contributed by atoms with E-state index in [1.54, 1.807) is 12.1 Å². The van der Waals surface area contributed by atoms with Gasteiger partial charge in [-0.3, -0.25) is 4.79 Å². The second-order valence-electron chi connectivity index (χ2n) is 11.1. The molecule has 3 aromatic carbocycles. The minimum absolute atomic E-state index is 0.0130. The van der Waals surface area contributed by atoms with E-state index in [0.29, 0.717) is 29.2 Å². The molecule has 9 heteroatoms. The number of ether oxygens (including phenoxy) is 2. The van der Waals surface area contributed by atoms with E-state index in [4.69, 9.17) is 21.1 Å². The SMILES string of the molecule is CCOc1ccc(Cc2cc(C3OC(CN(C)c4cccc(C(=O)N5CCCC5)c4)C(O)C(O)C3O)ccc2Cl)cc1. The van der Waals surface area contributed by atoms with E-state index >= 15 is 0 Å². The zero-order chi connectivity index (χ0) is 29.8. The van der Waals surface area contributed by atoms with E-state index in [1.165, 1.54) is 0 Å². The number of anilines is 1. The van der Waals surface area contributed by atoms with Crippen LogP contribution in [0.5, 0.6) is 5.75 Å². The molecule has 5 unspecified atom stereocenters. The minimum atomic E-state index is -1.41. The highest BCUT2D eigenvalue weighted by Gasteiger charge is 2.44. The molecule has 0 spiro atoms. The van der Waals surface area contributed by atoms with Crippen LogP contribution >= 0.6 is 11.6 Å². The van der Waals surface area contributed by atoms with Crippen molar-refractivity contribution in [3.05, 3.63) is 94.0 Å². The van der Waals surface area contributed by atoms with E-state index in [1.807, 2.05) is 78.4 Å². The van der Waals surface area contributed by atoms with Gasteiger partial charge < -0.3 is 34.6 Å². The molecule has 0 radical (unpaired) electrons. The van der Waals surface area contributed by atoms with Crippen molar-refractivity contribution in [2.75, 3.05) is 38.2 Å². The maximum atomic E-state index is 12.9. The second kappa shape index (κ2) is 13.4. The van der Waals surface area contributed by atoms with E-state index in [9.17, 15) is 20.1 Å². The number of carbonyl (C=O) groups excluding carboxylic acids is 1. The summed E-state index contributed by atoms with van der Waals surface area (Å²) in [4.78, 5) is 16.7. The van der Waals surface area contributed by atoms with Crippen LogP contribution in [0.2, 0.25) is 5.02 Å². The van der Waals surface area contributed by atoms with Crippen molar-refractivity contribution in [3.8, 4) is 5.75 Å². The van der Waals surface area contributed by atoms with Gasteiger partial charge in [-0.2, -0.15) is 0 Å². The zero-order valence-corrected chi connectivity index (χ0v) is 24.8. The molecule has 2 heterocycles. The molecule has 2 aliphatic heterocycles. The zero-order valence-electron chi connectivity index (χ0n) is 24.0. The quantitative estimate of drug-likeness (QED) is 0.341. The molecule has 3 aromatic rings. The number of aliphatic hydroxyl groups is 3. The summed E-state index contributed by atoms with van der Waals surface area (Å²) in [7, 11) is 1.85. The molecule has 0 aromatic heterocycles. The maximum absolute atomic E-state index is 12.9. The van der Waals surface area contributed by atoms with Gasteiger partial charge in [0.25, 0.3) is 5.91 Å². The third-order valence-corrected chi connectivity index (χ3v) is 8.49. The van der Waals surface area contributed by atoms with Crippen molar-refractivity contribution in [2.24, 2.45) is 0 Å². The first-order chi connectivity index (χ1) is 20.2. The van der Waals surface area contributed by atoms with Gasteiger partial charge in [-0.25, -0.2) is 0 Å². The molecule has 3 N–H and O–H groups in total. The Morgan fingerprint density at radius 3 is 2.45 bits per heavy atom. The Hall–Kier alpha value is -3.14. The first kappa shape index (κ1) is 30.3. The number of benzene rings is 3. The lowest BCUT2D eigenvalue weighted by molar-refractivity contribution is -0.221. The topological polar surface area (TPSA) is 103 Å². The van der Waals surface area contributed by atoms with Crippen molar-refractivity contribution < 1.29 is 29.6 Å². The van der Waals surface area contributed by atoms with Crippen molar-refractivity contribution in [2.45, 2.75) is 56.7 Å². The summed E-state index contributed by atoms with van der Waals surface area (Å²) in [6.45, 7) is 4.31. The van der Waals surface area contributed by atoms with Crippen LogP contribution in [0.15, 0.2) is 66.7 Å². The second-order valence-corrected chi connectivity index (χ2v) is 11.5. The third kappa shape index (κ3) is 6.74. The lowest BCUT2D eigenvalue weighted by atomic mass is 9.89. The van der Waals surface area contributed by atoms with Crippen LogP contribution in [-0.2, 0) is 11.2 Å². The number of aliphatic hydroxyl groups excluding tert-OH is 3. The van der Waals surface area contributed by atoms with Gasteiger partial charge in [0.15, 0.2) is 0 Å². The number of rotatable bonds is 9. The lowest BCUT2D eigenvalue weighted by Crippen LogP contribution is -2.57. The van der Waals surface area contributed by atoms with E-state index in [0.717, 1.165) is 48.5 Å². The monoisotopic (exact) mass is 594 g/mol. The molecule has 1 amide bonds. The molecule has 5 atom stereocenters. The average molecular weight is 595 g/mol. The Morgan fingerprint density at radius 1 is 1.00 bits per heavy atom. The fourth-order valence-electron chi connectivity index (χ4n) is 5.73. The molecule has 2 aliphatic rings. The molecule has 2 fully saturated rings. The largest absolute Gasteiger partial charge is 0.494 e. The molecule has 42 heavy (non-hydrogen) atoms. The minimum Gasteiger partial charge on any atom is -0.494 e. The molecule has 0 bridgehead atoms. The summed E-state index contributed by atoms with van der Waals surface area (Å²) in [5.74, 6) is 0.812. The van der Waals surface area contributed by atoms with Gasteiger partial charge in [0, 0.05) is 43.0 Å². The number of carbonyl (C=O) groups is 1. The Bertz CT molecular complexity index is 1360. The first-order valence-corrected chi connectivity index (χ1v) is 14.9. The van der Waals surface area contributed by atoms with Crippen molar-refractivity contribution in [1.82, 2.24) is 4.90 Å². The fourth-order valence-corrected chi connectivity index (χ4v) is 5.91. The van der Waals surface area contributed by atoms with Gasteiger partial charge in [0.1, 0.15) is 36.3 Å². The van der Waals surface area contributed by atoms with E-state index < -0.39 is 30.5 Å². The fraction of sp³-hybridized carbons (Fsp3) is 0.424. The van der Waals surface area contributed by atoms with Gasteiger partial charge in [0.05, 0.1) is 6.61 Å². The third-order valence-electron chi connectivity index (χ3n) is 8.12. The van der Waals surface area contributed by atoms with E-state index in [-0.39, 0.29) is 12.5 Å². The van der Waals surface area contributed by atoms with Crippen molar-refractivity contribution in [1.29, 1.82) is 0 Å². The number of amides is 1. The Balaban J connectivity index is 1.31. The Kier molecular flexibility index (Phi) is 9.70. The van der Waals surface area contributed by atoms with Crippen LogP contribution in [0, 0.1) is 0 Å². The maximum Gasteiger partial charge on any atom is 0.253 e. The lowest BCUT2D eigenvalue weighted by Gasteiger charge is -2.42. The molecule has 5 rings (SSSR count). The standard InChI is InChI=1S/C33H39ClN2O6/c1-3-41-26-12-9-21(10-13-26)17-24-18-22(11-14-27(24)34)32-31(39)30(38)29(37)28(42-32)20-35(2)25-8-6-7-23(19-25)33(40)36-15-4-5-16-36/h6-14,18-19,28-32,37-39H,3-5,15-17,20H2,1-2H3. The molecule has 0 aliphatic carbocycles. The van der Waals surface area contributed by atoms with Gasteiger partial charge in [0.2, 0.25) is 0 Å². The van der Waals surface area contributed by atoms with Crippen LogP contribution in [-0.4, -0.2) is 83.8 Å². The van der Waals surface area contributed by atoms with Crippen LogP contribution in [0.25, 0.3) is 0 Å². The molecule has 224 valence electrons. The number of halogens is 1. The van der Waals surface area contributed by atoms with Crippen molar-refractivity contribution >= 4 is 23.2 Å². The molecule has 2 saturated heterocycles. The van der Waals surface area contributed by atoms with Gasteiger partial charge in [-0.15, -0.1) is 0 Å². The van der Waals surface area contributed by atoms with Gasteiger partial charge in [-0.05, 0) is 79.3 Å². The summed E-state index contributed by atoms with van der Waals surface area (Å²) >= 11 is 6.55. The smallest absolute Gasteiger partial charge is 0.253 e. The summed E-state index contributed by atoms with van der Waals surface area (Å²) in [6, 6.07) is 20.6.